The molecule has 1 heterocycles. The van der Waals surface area contributed by atoms with Gasteiger partial charge >= 0.3 is 0 Å². The highest BCUT2D eigenvalue weighted by molar-refractivity contribution is 7.85. The third-order valence-corrected chi connectivity index (χ3v) is 4.68. The summed E-state index contributed by atoms with van der Waals surface area (Å²) < 4.78 is 11.9. The van der Waals surface area contributed by atoms with E-state index in [2.05, 4.69) is 5.32 Å². The highest BCUT2D eigenvalue weighted by Crippen LogP contribution is 2.19. The standard InChI is InChI=1S/C13H13NO3S2/c15-10-8-12(18-9-10)13(16)14-6-7-19(17)11-4-2-1-3-5-11/h1-5,8-9,15H,6-7H2,(H,14,16)/t19-/m0/s1. The van der Waals surface area contributed by atoms with E-state index in [0.717, 1.165) is 4.90 Å². The number of rotatable bonds is 5. The van der Waals surface area contributed by atoms with Gasteiger partial charge in [0.2, 0.25) is 0 Å². The third-order valence-electron chi connectivity index (χ3n) is 2.39. The van der Waals surface area contributed by atoms with Gasteiger partial charge in [-0.3, -0.25) is 9.00 Å². The number of hydrogen-bond donors (Lipinski definition) is 2. The molecule has 0 radical (unpaired) electrons. The van der Waals surface area contributed by atoms with Crippen molar-refractivity contribution in [1.29, 1.82) is 0 Å². The first-order valence-corrected chi connectivity index (χ1v) is 7.86. The number of aromatic hydroxyl groups is 1. The first-order valence-electron chi connectivity index (χ1n) is 5.66. The molecule has 0 aliphatic rings. The maximum absolute atomic E-state index is 11.9. The molecule has 2 rings (SSSR count). The maximum atomic E-state index is 11.9. The van der Waals surface area contributed by atoms with Crippen LogP contribution in [0, 0.1) is 0 Å². The Kier molecular flexibility index (Phi) is 4.70. The van der Waals surface area contributed by atoms with Gasteiger partial charge in [0.1, 0.15) is 5.75 Å². The summed E-state index contributed by atoms with van der Waals surface area (Å²) in [6.45, 7) is 0.332. The second kappa shape index (κ2) is 6.49. The normalized spacial score (nSPS) is 12.0. The minimum absolute atomic E-state index is 0.0861. The first-order chi connectivity index (χ1) is 9.16. The van der Waals surface area contributed by atoms with Crippen LogP contribution in [-0.4, -0.2) is 27.5 Å². The molecule has 2 aromatic rings. The molecule has 0 saturated carbocycles. The average Bonchev–Trinajstić information content (AvgIpc) is 2.86. The van der Waals surface area contributed by atoms with E-state index in [9.17, 15) is 9.00 Å². The average molecular weight is 295 g/mol. The lowest BCUT2D eigenvalue weighted by atomic mass is 10.4. The van der Waals surface area contributed by atoms with Crippen LogP contribution >= 0.6 is 11.3 Å². The number of carbonyl (C=O) groups excluding carboxylic acids is 1. The zero-order valence-electron chi connectivity index (χ0n) is 10.0. The van der Waals surface area contributed by atoms with Crippen molar-refractivity contribution in [1.82, 2.24) is 5.32 Å². The van der Waals surface area contributed by atoms with Gasteiger partial charge in [-0.2, -0.15) is 0 Å². The fraction of sp³-hybridized carbons (Fsp3) is 0.154. The first kappa shape index (κ1) is 13.8. The van der Waals surface area contributed by atoms with Gasteiger partial charge in [-0.05, 0) is 12.1 Å². The molecular weight excluding hydrogens is 282 g/mol. The molecule has 6 heteroatoms. The van der Waals surface area contributed by atoms with Crippen molar-refractivity contribution in [3.63, 3.8) is 0 Å². The van der Waals surface area contributed by atoms with Crippen LogP contribution in [0.15, 0.2) is 46.7 Å². The fourth-order valence-electron chi connectivity index (χ4n) is 1.48. The number of thiophene rings is 1. The Bertz CT molecular complexity index is 581. The highest BCUT2D eigenvalue weighted by Gasteiger charge is 2.09. The van der Waals surface area contributed by atoms with Crippen molar-refractivity contribution >= 4 is 28.0 Å². The van der Waals surface area contributed by atoms with Gasteiger partial charge in [-0.1, -0.05) is 18.2 Å². The molecule has 0 unspecified atom stereocenters. The molecule has 1 atom stereocenters. The van der Waals surface area contributed by atoms with Gasteiger partial charge < -0.3 is 10.4 Å². The van der Waals surface area contributed by atoms with E-state index in [1.54, 1.807) is 12.1 Å². The molecule has 0 aliphatic heterocycles. The van der Waals surface area contributed by atoms with E-state index in [0.29, 0.717) is 17.2 Å². The fourth-order valence-corrected chi connectivity index (χ4v) is 3.15. The van der Waals surface area contributed by atoms with Crippen molar-refractivity contribution in [2.24, 2.45) is 0 Å². The summed E-state index contributed by atoms with van der Waals surface area (Å²) in [5, 5.41) is 13.3. The van der Waals surface area contributed by atoms with E-state index in [4.69, 9.17) is 5.11 Å². The zero-order valence-corrected chi connectivity index (χ0v) is 11.7. The van der Waals surface area contributed by atoms with Crippen LogP contribution in [-0.2, 0) is 10.8 Å². The van der Waals surface area contributed by atoms with E-state index >= 15 is 0 Å². The maximum Gasteiger partial charge on any atom is 0.261 e. The van der Waals surface area contributed by atoms with Gasteiger partial charge in [0.15, 0.2) is 0 Å². The highest BCUT2D eigenvalue weighted by atomic mass is 32.2. The Morgan fingerprint density at radius 3 is 2.68 bits per heavy atom. The van der Waals surface area contributed by atoms with Gasteiger partial charge in [0, 0.05) is 28.6 Å². The topological polar surface area (TPSA) is 66.4 Å². The number of carbonyl (C=O) groups is 1. The van der Waals surface area contributed by atoms with Crippen LogP contribution in [0.2, 0.25) is 0 Å². The Labute approximate surface area is 117 Å². The Morgan fingerprint density at radius 1 is 1.32 bits per heavy atom. The Hall–Kier alpha value is -1.66. The monoisotopic (exact) mass is 295 g/mol. The number of nitrogens with one attached hydrogen (secondary N) is 1. The van der Waals surface area contributed by atoms with Gasteiger partial charge in [-0.15, -0.1) is 11.3 Å². The van der Waals surface area contributed by atoms with Crippen LogP contribution in [0.4, 0.5) is 0 Å². The molecule has 0 spiro atoms. The number of benzene rings is 1. The Balaban J connectivity index is 1.81. The van der Waals surface area contributed by atoms with E-state index in [1.165, 1.54) is 22.8 Å². The summed E-state index contributed by atoms with van der Waals surface area (Å²) >= 11 is 1.17. The molecule has 1 aromatic carbocycles. The SMILES string of the molecule is O=C(NCC[S@](=O)c1ccccc1)c1cc(O)cs1. The van der Waals surface area contributed by atoms with Crippen molar-refractivity contribution in [2.75, 3.05) is 12.3 Å². The van der Waals surface area contributed by atoms with Crippen molar-refractivity contribution in [3.05, 3.63) is 46.7 Å². The predicted molar refractivity (Wildman–Crippen MR) is 76.0 cm³/mol. The molecule has 1 amide bonds. The molecule has 2 N–H and O–H groups in total. The lowest BCUT2D eigenvalue weighted by Gasteiger charge is -2.04. The number of amides is 1. The molecule has 4 nitrogen and oxygen atoms in total. The largest absolute Gasteiger partial charge is 0.507 e. The van der Waals surface area contributed by atoms with Gasteiger partial charge in [0.05, 0.1) is 15.7 Å². The quantitative estimate of drug-likeness (QED) is 0.886. The van der Waals surface area contributed by atoms with Crippen LogP contribution < -0.4 is 5.32 Å². The smallest absolute Gasteiger partial charge is 0.261 e. The summed E-state index contributed by atoms with van der Waals surface area (Å²) in [7, 11) is -1.11. The summed E-state index contributed by atoms with van der Waals surface area (Å²) in [6.07, 6.45) is 0. The molecule has 0 bridgehead atoms. The van der Waals surface area contributed by atoms with Crippen molar-refractivity contribution in [3.8, 4) is 5.75 Å². The van der Waals surface area contributed by atoms with Gasteiger partial charge in [0.25, 0.3) is 5.91 Å². The Morgan fingerprint density at radius 2 is 2.05 bits per heavy atom. The van der Waals surface area contributed by atoms with E-state index in [-0.39, 0.29) is 11.7 Å². The third kappa shape index (κ3) is 3.90. The van der Waals surface area contributed by atoms with Crippen LogP contribution in [0.5, 0.6) is 5.75 Å². The molecule has 1 aromatic heterocycles. The molecule has 0 saturated heterocycles. The minimum atomic E-state index is -1.11. The molecule has 0 aliphatic carbocycles. The minimum Gasteiger partial charge on any atom is -0.507 e. The van der Waals surface area contributed by atoms with Crippen LogP contribution in [0.1, 0.15) is 9.67 Å². The van der Waals surface area contributed by atoms with Crippen molar-refractivity contribution < 1.29 is 14.1 Å². The molecular formula is C13H13NO3S2. The van der Waals surface area contributed by atoms with Crippen molar-refractivity contribution in [2.45, 2.75) is 4.90 Å². The van der Waals surface area contributed by atoms with Crippen LogP contribution in [0.3, 0.4) is 0 Å². The lowest BCUT2D eigenvalue weighted by Crippen LogP contribution is -2.27. The lowest BCUT2D eigenvalue weighted by molar-refractivity contribution is 0.0960. The molecule has 19 heavy (non-hydrogen) atoms. The van der Waals surface area contributed by atoms with E-state index in [1.807, 2.05) is 18.2 Å². The zero-order chi connectivity index (χ0) is 13.7. The van der Waals surface area contributed by atoms with E-state index < -0.39 is 10.8 Å². The summed E-state index contributed by atoms with van der Waals surface area (Å²) in [5.74, 6) is 0.200. The number of hydrogen-bond acceptors (Lipinski definition) is 4. The second-order valence-electron chi connectivity index (χ2n) is 3.79. The molecule has 100 valence electrons. The van der Waals surface area contributed by atoms with Gasteiger partial charge in [-0.25, -0.2) is 0 Å². The summed E-state index contributed by atoms with van der Waals surface area (Å²) in [5.41, 5.74) is 0. The second-order valence-corrected chi connectivity index (χ2v) is 6.27. The summed E-state index contributed by atoms with van der Waals surface area (Å²) in [6, 6.07) is 10.5. The predicted octanol–water partition coefficient (Wildman–Crippen LogP) is 1.99. The molecule has 0 fully saturated rings. The van der Waals surface area contributed by atoms with Crippen LogP contribution in [0.25, 0.3) is 0 Å². The summed E-state index contributed by atoms with van der Waals surface area (Å²) in [4.78, 5) is 12.9.